The topological polar surface area (TPSA) is 191 Å². The standard InChI is InChI=1S/C51H61F4N7O9S/c1-2-61-49-46(45(33-15-17-36(52)18-16-33)47(50(61)67)59-48(66)34-9-8-10-35(29-34)51(53,54)55)39(60-62(49)37-11-4-3-5-12-37)31-57-43(64)19-21-68-23-25-70-27-28-71-26-24-69-22-20-56-42(63)14-7-6-13-41-38-30-44(65)58-40(38)32-72-41/h3-5,8-12,15-18,29,38,40-41,45,47H,2,6-7,13-14,19-28,30-32H2,1H3,(H,56,63)(H,57,64)(H,58,65)(H,59,66)/t38?,40?,41?,45-,47-/m0/s1. The summed E-state index contributed by atoms with van der Waals surface area (Å²) in [6, 6.07) is 17.1. The van der Waals surface area contributed by atoms with E-state index >= 15 is 0 Å². The smallest absolute Gasteiger partial charge is 0.379 e. The quantitative estimate of drug-likeness (QED) is 0.0424. The van der Waals surface area contributed by atoms with Crippen LogP contribution in [0, 0.1) is 11.7 Å². The molecule has 3 aliphatic rings. The molecule has 4 heterocycles. The highest BCUT2D eigenvalue weighted by Gasteiger charge is 2.47. The van der Waals surface area contributed by atoms with Crippen molar-refractivity contribution in [3.63, 3.8) is 0 Å². The molecule has 7 rings (SSSR count). The number of alkyl halides is 3. The predicted molar refractivity (Wildman–Crippen MR) is 260 cm³/mol. The number of amides is 5. The largest absolute Gasteiger partial charge is 0.416 e. The van der Waals surface area contributed by atoms with E-state index in [0.717, 1.165) is 37.1 Å². The monoisotopic (exact) mass is 1020 g/mol. The summed E-state index contributed by atoms with van der Waals surface area (Å²) in [6.45, 7) is 4.51. The lowest BCUT2D eigenvalue weighted by molar-refractivity contribution is -0.137. The number of rotatable bonds is 27. The Morgan fingerprint density at radius 2 is 1.50 bits per heavy atom. The van der Waals surface area contributed by atoms with Crippen LogP contribution in [0.2, 0.25) is 0 Å². The number of anilines is 1. The highest BCUT2D eigenvalue weighted by atomic mass is 32.2. The number of likely N-dealkylation sites (N-methyl/N-ethyl adjacent to an activating group) is 1. The lowest BCUT2D eigenvalue weighted by atomic mass is 9.80. The van der Waals surface area contributed by atoms with Gasteiger partial charge in [0.2, 0.25) is 17.7 Å². The van der Waals surface area contributed by atoms with Crippen LogP contribution >= 0.6 is 11.8 Å². The molecule has 5 atom stereocenters. The van der Waals surface area contributed by atoms with Gasteiger partial charge in [-0.3, -0.25) is 28.9 Å². The van der Waals surface area contributed by atoms with Gasteiger partial charge in [-0.25, -0.2) is 9.07 Å². The summed E-state index contributed by atoms with van der Waals surface area (Å²) >= 11 is 1.93. The fourth-order valence-corrected chi connectivity index (χ4v) is 10.8. The van der Waals surface area contributed by atoms with Gasteiger partial charge in [-0.15, -0.1) is 0 Å². The van der Waals surface area contributed by atoms with Crippen molar-refractivity contribution in [2.75, 3.05) is 76.6 Å². The molecule has 0 bridgehead atoms. The summed E-state index contributed by atoms with van der Waals surface area (Å²) in [5.41, 5.74) is 0.443. The molecule has 0 saturated carbocycles. The molecule has 5 amide bonds. The number of para-hydroxylation sites is 1. The summed E-state index contributed by atoms with van der Waals surface area (Å²) in [4.78, 5) is 66.7. The summed E-state index contributed by atoms with van der Waals surface area (Å²) in [5.74, 6) is -1.50. The second-order valence-electron chi connectivity index (χ2n) is 17.6. The van der Waals surface area contributed by atoms with Crippen molar-refractivity contribution >= 4 is 47.1 Å². The summed E-state index contributed by atoms with van der Waals surface area (Å²) in [5, 5.41) is 16.9. The Hall–Kier alpha value is -5.87. The molecule has 1 aromatic heterocycles. The van der Waals surface area contributed by atoms with Gasteiger partial charge >= 0.3 is 6.18 Å². The zero-order valence-corrected chi connectivity index (χ0v) is 40.9. The molecule has 4 aromatic rings. The minimum Gasteiger partial charge on any atom is -0.379 e. The Morgan fingerprint density at radius 1 is 0.819 bits per heavy atom. The first kappa shape index (κ1) is 53.9. The molecule has 0 aliphatic carbocycles. The van der Waals surface area contributed by atoms with Gasteiger partial charge in [-0.05, 0) is 67.8 Å². The normalized spacial score (nSPS) is 19.5. The molecule has 3 aliphatic heterocycles. The minimum atomic E-state index is -4.72. The molecular formula is C51H61F4N7O9S. The number of fused-ring (bicyclic) bond motifs is 2. The maximum absolute atomic E-state index is 14.5. The number of nitrogens with one attached hydrogen (secondary N) is 4. The molecule has 2 fully saturated rings. The number of carbonyl (C=O) groups is 5. The van der Waals surface area contributed by atoms with Crippen molar-refractivity contribution in [1.29, 1.82) is 0 Å². The van der Waals surface area contributed by atoms with E-state index in [1.807, 2.05) is 17.8 Å². The Morgan fingerprint density at radius 3 is 2.19 bits per heavy atom. The first-order chi connectivity index (χ1) is 34.8. The van der Waals surface area contributed by atoms with E-state index in [4.69, 9.17) is 24.0 Å². The van der Waals surface area contributed by atoms with Crippen LogP contribution in [-0.4, -0.2) is 128 Å². The SMILES string of the molecule is CCN1C(=O)[C@@H](NC(=O)c2cccc(C(F)(F)F)c2)[C@@H](c2ccc(F)cc2)c2c(CNC(=O)CCOCCOCCOCCOCCNC(=O)CCCCC3SCC4NC(=O)CC43)nn(-c3ccccc3)c21. The number of halogens is 4. The molecule has 16 nitrogen and oxygen atoms in total. The minimum absolute atomic E-state index is 0.00378. The zero-order chi connectivity index (χ0) is 51.0. The maximum Gasteiger partial charge on any atom is 0.416 e. The van der Waals surface area contributed by atoms with Crippen molar-refractivity contribution in [2.45, 2.75) is 81.4 Å². The van der Waals surface area contributed by atoms with E-state index in [1.165, 1.54) is 35.2 Å². The van der Waals surface area contributed by atoms with Crippen LogP contribution in [0.5, 0.6) is 0 Å². The van der Waals surface area contributed by atoms with Crippen LogP contribution in [0.3, 0.4) is 0 Å². The van der Waals surface area contributed by atoms with E-state index in [0.29, 0.717) is 104 Å². The van der Waals surface area contributed by atoms with Gasteiger partial charge < -0.3 is 40.2 Å². The number of hydrogen-bond acceptors (Lipinski definition) is 11. The number of aromatic nitrogens is 2. The average molecular weight is 1020 g/mol. The number of hydrogen-bond donors (Lipinski definition) is 4. The van der Waals surface area contributed by atoms with Crippen molar-refractivity contribution in [3.8, 4) is 5.69 Å². The van der Waals surface area contributed by atoms with Gasteiger partial charge in [-0.2, -0.15) is 30.0 Å². The van der Waals surface area contributed by atoms with Crippen LogP contribution in [0.4, 0.5) is 23.4 Å². The highest BCUT2D eigenvalue weighted by molar-refractivity contribution is 8.00. The van der Waals surface area contributed by atoms with E-state index in [-0.39, 0.29) is 62.6 Å². The first-order valence-electron chi connectivity index (χ1n) is 24.3. The zero-order valence-electron chi connectivity index (χ0n) is 40.1. The average Bonchev–Trinajstić information content (AvgIpc) is 4.06. The molecule has 21 heteroatoms. The third-order valence-electron chi connectivity index (χ3n) is 12.7. The van der Waals surface area contributed by atoms with E-state index in [9.17, 15) is 41.5 Å². The molecule has 0 spiro atoms. The lowest BCUT2D eigenvalue weighted by Crippen LogP contribution is -2.55. The number of ether oxygens (including phenoxy) is 4. The van der Waals surface area contributed by atoms with E-state index in [2.05, 4.69) is 21.3 Å². The first-order valence-corrected chi connectivity index (χ1v) is 25.3. The van der Waals surface area contributed by atoms with Gasteiger partial charge in [0.05, 0.1) is 76.3 Å². The highest BCUT2D eigenvalue weighted by Crippen LogP contribution is 2.44. The fraction of sp³-hybridized carbons (Fsp3) is 0.490. The van der Waals surface area contributed by atoms with E-state index < -0.39 is 41.3 Å². The molecule has 72 heavy (non-hydrogen) atoms. The second-order valence-corrected chi connectivity index (χ2v) is 18.8. The van der Waals surface area contributed by atoms with Gasteiger partial charge in [0, 0.05) is 72.4 Å². The number of nitrogens with zero attached hydrogens (tertiary/aromatic N) is 3. The Kier molecular flexibility index (Phi) is 19.6. The van der Waals surface area contributed by atoms with Crippen LogP contribution < -0.4 is 26.2 Å². The summed E-state index contributed by atoms with van der Waals surface area (Å²) < 4.78 is 79.1. The summed E-state index contributed by atoms with van der Waals surface area (Å²) in [7, 11) is 0. The van der Waals surface area contributed by atoms with Gasteiger partial charge in [0.25, 0.3) is 11.8 Å². The molecule has 3 unspecified atom stereocenters. The van der Waals surface area contributed by atoms with Crippen LogP contribution in [0.25, 0.3) is 5.69 Å². The Bertz CT molecular complexity index is 2460. The lowest BCUT2D eigenvalue weighted by Gasteiger charge is -2.38. The Balaban J connectivity index is 0.831. The van der Waals surface area contributed by atoms with Crippen molar-refractivity contribution in [1.82, 2.24) is 31.0 Å². The van der Waals surface area contributed by atoms with Crippen molar-refractivity contribution in [3.05, 3.63) is 113 Å². The number of carbonyl (C=O) groups excluding carboxylic acids is 5. The molecule has 4 N–H and O–H groups in total. The van der Waals surface area contributed by atoms with Crippen molar-refractivity contribution < 1.29 is 60.5 Å². The number of unbranched alkanes of at least 4 members (excludes halogenated alkanes) is 1. The van der Waals surface area contributed by atoms with Crippen molar-refractivity contribution in [2.24, 2.45) is 5.92 Å². The van der Waals surface area contributed by atoms with Crippen LogP contribution in [0.15, 0.2) is 78.9 Å². The third-order valence-corrected chi connectivity index (χ3v) is 14.3. The molecule has 2 saturated heterocycles. The molecular weight excluding hydrogens is 963 g/mol. The summed E-state index contributed by atoms with van der Waals surface area (Å²) in [6.07, 6.45) is -0.814. The molecule has 3 aromatic carbocycles. The van der Waals surface area contributed by atoms with Gasteiger partial charge in [0.15, 0.2) is 0 Å². The predicted octanol–water partition coefficient (Wildman–Crippen LogP) is 5.70. The number of benzene rings is 3. The maximum atomic E-state index is 14.5. The third kappa shape index (κ3) is 14.4. The molecule has 0 radical (unpaired) electrons. The van der Waals surface area contributed by atoms with Crippen LogP contribution in [-0.2, 0) is 50.8 Å². The number of thioether (sulfide) groups is 1. The van der Waals surface area contributed by atoms with E-state index in [1.54, 1.807) is 35.9 Å². The van der Waals surface area contributed by atoms with Crippen LogP contribution in [0.1, 0.15) is 84.1 Å². The Labute approximate surface area is 419 Å². The molecule has 388 valence electrons. The van der Waals surface area contributed by atoms with Gasteiger partial charge in [-0.1, -0.05) is 42.8 Å². The van der Waals surface area contributed by atoms with Gasteiger partial charge in [0.1, 0.15) is 17.7 Å². The second kappa shape index (κ2) is 26.2. The fourth-order valence-electron chi connectivity index (χ4n) is 9.16.